The standard InChI is InChI=1S/C16H18N4.ClH/c1-11-15-14(19(2)3)10-13(12-8-6-5-7-9-12)17-16(15)20(4)18-11;/h5-10H,1-4H3;1H. The van der Waals surface area contributed by atoms with E-state index in [0.29, 0.717) is 0 Å². The maximum Gasteiger partial charge on any atom is 0.160 e. The number of aromatic nitrogens is 3. The fourth-order valence-corrected chi connectivity index (χ4v) is 2.53. The van der Waals surface area contributed by atoms with Crippen molar-refractivity contribution >= 4 is 29.1 Å². The third-order valence-electron chi connectivity index (χ3n) is 3.50. The van der Waals surface area contributed by atoms with E-state index in [1.807, 2.05) is 36.9 Å². The zero-order valence-electron chi connectivity index (χ0n) is 12.7. The van der Waals surface area contributed by atoms with E-state index in [0.717, 1.165) is 33.7 Å². The largest absolute Gasteiger partial charge is 0.377 e. The van der Waals surface area contributed by atoms with Crippen LogP contribution in [0.3, 0.4) is 0 Å². The molecule has 0 aliphatic heterocycles. The number of anilines is 1. The number of hydrogen-bond acceptors (Lipinski definition) is 3. The Balaban J connectivity index is 0.00000161. The van der Waals surface area contributed by atoms with Crippen molar-refractivity contribution in [3.8, 4) is 11.3 Å². The lowest BCUT2D eigenvalue weighted by Crippen LogP contribution is -2.10. The molecule has 3 rings (SSSR count). The van der Waals surface area contributed by atoms with Crippen molar-refractivity contribution < 1.29 is 0 Å². The average Bonchev–Trinajstić information content (AvgIpc) is 2.74. The summed E-state index contributed by atoms with van der Waals surface area (Å²) in [5, 5.41) is 5.62. The Hall–Kier alpha value is -2.07. The Kier molecular flexibility index (Phi) is 4.19. The van der Waals surface area contributed by atoms with Gasteiger partial charge in [-0.05, 0) is 13.0 Å². The van der Waals surface area contributed by atoms with Crippen molar-refractivity contribution in [2.24, 2.45) is 7.05 Å². The molecular formula is C16H19ClN4. The Morgan fingerprint density at radius 2 is 1.76 bits per heavy atom. The Morgan fingerprint density at radius 3 is 2.38 bits per heavy atom. The van der Waals surface area contributed by atoms with E-state index in [9.17, 15) is 0 Å². The molecule has 0 atom stereocenters. The van der Waals surface area contributed by atoms with Gasteiger partial charge in [-0.25, -0.2) is 4.98 Å². The highest BCUT2D eigenvalue weighted by atomic mass is 35.5. The molecule has 0 unspecified atom stereocenters. The molecule has 0 radical (unpaired) electrons. The van der Waals surface area contributed by atoms with Crippen LogP contribution in [-0.4, -0.2) is 28.9 Å². The zero-order chi connectivity index (χ0) is 14.3. The molecule has 0 spiro atoms. The van der Waals surface area contributed by atoms with Crippen LogP contribution >= 0.6 is 12.4 Å². The minimum absolute atomic E-state index is 0. The summed E-state index contributed by atoms with van der Waals surface area (Å²) in [5.41, 5.74) is 5.19. The van der Waals surface area contributed by atoms with Gasteiger partial charge in [0.1, 0.15) is 0 Å². The lowest BCUT2D eigenvalue weighted by molar-refractivity contribution is 0.774. The van der Waals surface area contributed by atoms with Gasteiger partial charge in [0.15, 0.2) is 5.65 Å². The van der Waals surface area contributed by atoms with E-state index >= 15 is 0 Å². The molecule has 0 saturated carbocycles. The van der Waals surface area contributed by atoms with Crippen molar-refractivity contribution in [2.75, 3.05) is 19.0 Å². The van der Waals surface area contributed by atoms with E-state index in [1.54, 1.807) is 0 Å². The molecule has 2 heterocycles. The lowest BCUT2D eigenvalue weighted by Gasteiger charge is -2.15. The number of hydrogen-bond donors (Lipinski definition) is 0. The van der Waals surface area contributed by atoms with Crippen molar-refractivity contribution in [3.05, 3.63) is 42.1 Å². The van der Waals surface area contributed by atoms with Crippen molar-refractivity contribution in [2.45, 2.75) is 6.92 Å². The molecule has 0 aliphatic rings. The monoisotopic (exact) mass is 302 g/mol. The summed E-state index contributed by atoms with van der Waals surface area (Å²) in [5.74, 6) is 0. The Bertz CT molecular complexity index is 763. The van der Waals surface area contributed by atoms with Gasteiger partial charge in [0.2, 0.25) is 0 Å². The first-order valence-electron chi connectivity index (χ1n) is 6.65. The van der Waals surface area contributed by atoms with E-state index in [1.165, 1.54) is 0 Å². The molecule has 0 saturated heterocycles. The van der Waals surface area contributed by atoms with Crippen molar-refractivity contribution in [1.82, 2.24) is 14.8 Å². The van der Waals surface area contributed by atoms with E-state index < -0.39 is 0 Å². The van der Waals surface area contributed by atoms with E-state index in [2.05, 4.69) is 42.3 Å². The van der Waals surface area contributed by atoms with Crippen LogP contribution in [0.5, 0.6) is 0 Å². The molecule has 2 aromatic heterocycles. The predicted molar refractivity (Wildman–Crippen MR) is 90.3 cm³/mol. The molecule has 0 N–H and O–H groups in total. The number of aryl methyl sites for hydroxylation is 2. The Labute approximate surface area is 130 Å². The van der Waals surface area contributed by atoms with Crippen LogP contribution in [0.25, 0.3) is 22.3 Å². The highest BCUT2D eigenvalue weighted by Gasteiger charge is 2.15. The van der Waals surface area contributed by atoms with Crippen LogP contribution in [0.15, 0.2) is 36.4 Å². The minimum atomic E-state index is 0. The quantitative estimate of drug-likeness (QED) is 0.727. The molecule has 21 heavy (non-hydrogen) atoms. The molecule has 0 fully saturated rings. The van der Waals surface area contributed by atoms with Crippen molar-refractivity contribution in [3.63, 3.8) is 0 Å². The van der Waals surface area contributed by atoms with Crippen LogP contribution in [0, 0.1) is 6.92 Å². The maximum absolute atomic E-state index is 4.78. The number of halogens is 1. The summed E-state index contributed by atoms with van der Waals surface area (Å²) < 4.78 is 1.85. The summed E-state index contributed by atoms with van der Waals surface area (Å²) in [6.07, 6.45) is 0. The number of pyridine rings is 1. The SMILES string of the molecule is Cc1nn(C)c2nc(-c3ccccc3)cc(N(C)C)c12.Cl. The molecule has 0 amide bonds. The smallest absolute Gasteiger partial charge is 0.160 e. The highest BCUT2D eigenvalue weighted by Crippen LogP contribution is 2.31. The molecule has 0 bridgehead atoms. The first-order valence-corrected chi connectivity index (χ1v) is 6.65. The summed E-state index contributed by atoms with van der Waals surface area (Å²) >= 11 is 0. The first-order chi connectivity index (χ1) is 9.58. The van der Waals surface area contributed by atoms with Gasteiger partial charge >= 0.3 is 0 Å². The third kappa shape index (κ3) is 2.59. The molecule has 4 nitrogen and oxygen atoms in total. The normalized spacial score (nSPS) is 10.5. The third-order valence-corrected chi connectivity index (χ3v) is 3.50. The maximum atomic E-state index is 4.78. The average molecular weight is 303 g/mol. The van der Waals surface area contributed by atoms with Gasteiger partial charge in [-0.15, -0.1) is 12.4 Å². The second-order valence-electron chi connectivity index (χ2n) is 5.19. The first kappa shape index (κ1) is 15.3. The van der Waals surface area contributed by atoms with Gasteiger partial charge < -0.3 is 4.90 Å². The van der Waals surface area contributed by atoms with Gasteiger partial charge in [0.05, 0.1) is 22.5 Å². The van der Waals surface area contributed by atoms with Gasteiger partial charge in [-0.2, -0.15) is 5.10 Å². The summed E-state index contributed by atoms with van der Waals surface area (Å²) in [4.78, 5) is 6.90. The molecule has 110 valence electrons. The molecule has 5 heteroatoms. The van der Waals surface area contributed by atoms with Crippen LogP contribution in [0.1, 0.15) is 5.69 Å². The van der Waals surface area contributed by atoms with Gasteiger partial charge in [-0.1, -0.05) is 30.3 Å². The van der Waals surface area contributed by atoms with Crippen LogP contribution in [0.4, 0.5) is 5.69 Å². The number of nitrogens with zero attached hydrogens (tertiary/aromatic N) is 4. The molecule has 3 aromatic rings. The second kappa shape index (κ2) is 5.74. The Morgan fingerprint density at radius 1 is 1.10 bits per heavy atom. The van der Waals surface area contributed by atoms with Crippen molar-refractivity contribution in [1.29, 1.82) is 0 Å². The predicted octanol–water partition coefficient (Wildman–Crippen LogP) is 3.43. The fraction of sp³-hybridized carbons (Fsp3) is 0.250. The van der Waals surface area contributed by atoms with Crippen LogP contribution in [0.2, 0.25) is 0 Å². The molecule has 1 aromatic carbocycles. The minimum Gasteiger partial charge on any atom is -0.377 e. The van der Waals surface area contributed by atoms with E-state index in [-0.39, 0.29) is 12.4 Å². The van der Waals surface area contributed by atoms with Crippen LogP contribution < -0.4 is 4.90 Å². The topological polar surface area (TPSA) is 34.0 Å². The highest BCUT2D eigenvalue weighted by molar-refractivity contribution is 5.94. The van der Waals surface area contributed by atoms with Crippen LogP contribution in [-0.2, 0) is 7.05 Å². The van der Waals surface area contributed by atoms with E-state index in [4.69, 9.17) is 4.98 Å². The number of fused-ring (bicyclic) bond motifs is 1. The fourth-order valence-electron chi connectivity index (χ4n) is 2.53. The van der Waals surface area contributed by atoms with Gasteiger partial charge in [0, 0.05) is 26.7 Å². The number of benzene rings is 1. The van der Waals surface area contributed by atoms with Gasteiger partial charge in [-0.3, -0.25) is 4.68 Å². The zero-order valence-corrected chi connectivity index (χ0v) is 13.5. The second-order valence-corrected chi connectivity index (χ2v) is 5.19. The molecular weight excluding hydrogens is 284 g/mol. The van der Waals surface area contributed by atoms with Gasteiger partial charge in [0.25, 0.3) is 0 Å². The summed E-state index contributed by atoms with van der Waals surface area (Å²) in [6.45, 7) is 2.03. The molecule has 0 aliphatic carbocycles. The number of rotatable bonds is 2. The summed E-state index contributed by atoms with van der Waals surface area (Å²) in [6, 6.07) is 12.4. The lowest BCUT2D eigenvalue weighted by atomic mass is 10.1. The summed E-state index contributed by atoms with van der Waals surface area (Å²) in [7, 11) is 6.04.